The summed E-state index contributed by atoms with van der Waals surface area (Å²) in [6.45, 7) is 2.38. The van der Waals surface area contributed by atoms with Crippen molar-refractivity contribution in [2.75, 3.05) is 0 Å². The van der Waals surface area contributed by atoms with E-state index in [1.165, 1.54) is 0 Å². The molecule has 1 aromatic carbocycles. The van der Waals surface area contributed by atoms with Crippen LogP contribution in [0.25, 0.3) is 0 Å². The Morgan fingerprint density at radius 1 is 1.31 bits per heavy atom. The maximum Gasteiger partial charge on any atom is 0.251 e. The zero-order chi connectivity index (χ0) is 16.9. The van der Waals surface area contributed by atoms with Gasteiger partial charge in [0.1, 0.15) is 12.4 Å². The van der Waals surface area contributed by atoms with Crippen LogP contribution in [-0.4, -0.2) is 23.0 Å². The van der Waals surface area contributed by atoms with E-state index in [0.717, 1.165) is 36.4 Å². The van der Waals surface area contributed by atoms with Crippen molar-refractivity contribution >= 4 is 42.1 Å². The Morgan fingerprint density at radius 2 is 2.04 bits per heavy atom. The number of amides is 1. The summed E-state index contributed by atoms with van der Waals surface area (Å²) in [5.74, 6) is 0.629. The highest BCUT2D eigenvalue weighted by atomic mass is 35.5. The number of carbonyl (C=O) groups excluding carboxylic acids is 1. The molecule has 1 amide bonds. The molecule has 1 fully saturated rings. The van der Waals surface area contributed by atoms with Crippen molar-refractivity contribution in [2.45, 2.75) is 51.3 Å². The Morgan fingerprint density at radius 3 is 2.69 bits per heavy atom. The van der Waals surface area contributed by atoms with Crippen molar-refractivity contribution in [1.82, 2.24) is 10.3 Å². The van der Waals surface area contributed by atoms with Gasteiger partial charge in [-0.05, 0) is 50.8 Å². The minimum atomic E-state index is -0.0505. The molecule has 26 heavy (non-hydrogen) atoms. The fourth-order valence-corrected chi connectivity index (χ4v) is 3.49. The van der Waals surface area contributed by atoms with Crippen molar-refractivity contribution in [2.24, 2.45) is 5.73 Å². The number of nitrogens with zero attached hydrogens (tertiary/aromatic N) is 1. The molecule has 0 spiro atoms. The van der Waals surface area contributed by atoms with Gasteiger partial charge in [0, 0.05) is 23.0 Å². The fourth-order valence-electron chi connectivity index (χ4n) is 2.89. The van der Waals surface area contributed by atoms with Gasteiger partial charge in [-0.25, -0.2) is 4.98 Å². The second kappa shape index (κ2) is 10.7. The van der Waals surface area contributed by atoms with E-state index < -0.39 is 0 Å². The quantitative estimate of drug-likeness (QED) is 0.773. The van der Waals surface area contributed by atoms with Crippen molar-refractivity contribution < 1.29 is 9.53 Å². The molecule has 2 aromatic rings. The highest BCUT2D eigenvalue weighted by molar-refractivity contribution is 7.09. The number of nitrogens with one attached hydrogen (secondary N) is 1. The Kier molecular flexibility index (Phi) is 9.36. The second-order valence-corrected chi connectivity index (χ2v) is 7.32. The van der Waals surface area contributed by atoms with Crippen molar-refractivity contribution in [3.05, 3.63) is 45.9 Å². The standard InChI is InChI=1S/C18H23N3O2S.2ClH/c1-12-20-16(11-24-12)10-23-17-4-2-3-13(9-17)18(22)21-15-7-5-14(19)6-8-15;;/h2-4,9,11,14-15H,5-8,10,19H2,1H3,(H,21,22);2*1H. The van der Waals surface area contributed by atoms with Crippen molar-refractivity contribution in [3.8, 4) is 5.75 Å². The average Bonchev–Trinajstić information content (AvgIpc) is 3.01. The highest BCUT2D eigenvalue weighted by Gasteiger charge is 2.20. The lowest BCUT2D eigenvalue weighted by atomic mass is 9.91. The summed E-state index contributed by atoms with van der Waals surface area (Å²) in [5.41, 5.74) is 7.44. The van der Waals surface area contributed by atoms with Crippen LogP contribution in [0.5, 0.6) is 5.75 Å². The molecule has 0 aliphatic heterocycles. The molecule has 5 nitrogen and oxygen atoms in total. The topological polar surface area (TPSA) is 77.2 Å². The minimum Gasteiger partial charge on any atom is -0.487 e. The van der Waals surface area contributed by atoms with E-state index >= 15 is 0 Å². The molecular weight excluding hydrogens is 393 g/mol. The van der Waals surface area contributed by atoms with E-state index in [9.17, 15) is 4.79 Å². The number of thiazole rings is 1. The minimum absolute atomic E-state index is 0. The fraction of sp³-hybridized carbons (Fsp3) is 0.444. The summed E-state index contributed by atoms with van der Waals surface area (Å²) in [6, 6.07) is 7.79. The third kappa shape index (κ3) is 6.43. The van der Waals surface area contributed by atoms with Crippen LogP contribution in [0.2, 0.25) is 0 Å². The molecule has 0 radical (unpaired) electrons. The summed E-state index contributed by atoms with van der Waals surface area (Å²) < 4.78 is 5.75. The van der Waals surface area contributed by atoms with Crippen molar-refractivity contribution in [3.63, 3.8) is 0 Å². The molecule has 1 heterocycles. The van der Waals surface area contributed by atoms with Crippen LogP contribution in [0.3, 0.4) is 0 Å². The van der Waals surface area contributed by atoms with E-state index in [4.69, 9.17) is 10.5 Å². The maximum absolute atomic E-state index is 12.4. The van der Waals surface area contributed by atoms with Gasteiger partial charge >= 0.3 is 0 Å². The van der Waals surface area contributed by atoms with Crippen LogP contribution in [0.1, 0.15) is 46.7 Å². The summed E-state index contributed by atoms with van der Waals surface area (Å²) >= 11 is 1.60. The molecule has 1 aromatic heterocycles. The molecule has 0 bridgehead atoms. The lowest BCUT2D eigenvalue weighted by molar-refractivity contribution is 0.0925. The van der Waals surface area contributed by atoms with E-state index in [1.807, 2.05) is 30.5 Å². The largest absolute Gasteiger partial charge is 0.487 e. The smallest absolute Gasteiger partial charge is 0.251 e. The molecule has 0 atom stereocenters. The lowest BCUT2D eigenvalue weighted by Gasteiger charge is -2.26. The van der Waals surface area contributed by atoms with Gasteiger partial charge in [0.05, 0.1) is 10.7 Å². The number of halogens is 2. The van der Waals surface area contributed by atoms with Gasteiger partial charge in [-0.3, -0.25) is 4.79 Å². The second-order valence-electron chi connectivity index (χ2n) is 6.26. The predicted molar refractivity (Wildman–Crippen MR) is 110 cm³/mol. The average molecular weight is 418 g/mol. The summed E-state index contributed by atoms with van der Waals surface area (Å²) in [6.07, 6.45) is 3.85. The summed E-state index contributed by atoms with van der Waals surface area (Å²) in [4.78, 5) is 16.8. The summed E-state index contributed by atoms with van der Waals surface area (Å²) in [7, 11) is 0. The number of nitrogens with two attached hydrogens (primary N) is 1. The molecule has 0 saturated heterocycles. The SMILES string of the molecule is Cc1nc(COc2cccc(C(=O)NC3CCC(N)CC3)c2)cs1.Cl.Cl. The maximum atomic E-state index is 12.4. The number of benzene rings is 1. The zero-order valence-corrected chi connectivity index (χ0v) is 17.1. The Labute approximate surface area is 170 Å². The number of carbonyl (C=O) groups is 1. The number of ether oxygens (including phenoxy) is 1. The number of hydrogen-bond donors (Lipinski definition) is 2. The molecule has 0 unspecified atom stereocenters. The van der Waals surface area contributed by atoms with Crippen LogP contribution >= 0.6 is 36.2 Å². The number of rotatable bonds is 5. The van der Waals surface area contributed by atoms with Crippen molar-refractivity contribution in [1.29, 1.82) is 0 Å². The molecule has 8 heteroatoms. The normalized spacial score (nSPS) is 19.0. The van der Waals surface area contributed by atoms with E-state index in [0.29, 0.717) is 17.9 Å². The van der Waals surface area contributed by atoms with Crippen LogP contribution < -0.4 is 15.8 Å². The number of hydrogen-bond acceptors (Lipinski definition) is 5. The van der Waals surface area contributed by atoms with Crippen LogP contribution in [0.15, 0.2) is 29.6 Å². The van der Waals surface area contributed by atoms with Crippen LogP contribution in [0, 0.1) is 6.92 Å². The third-order valence-electron chi connectivity index (χ3n) is 4.26. The van der Waals surface area contributed by atoms with Gasteiger partial charge in [0.15, 0.2) is 0 Å². The van der Waals surface area contributed by atoms with Gasteiger partial charge in [-0.15, -0.1) is 36.2 Å². The molecule has 1 saturated carbocycles. The first-order valence-corrected chi connectivity index (χ1v) is 9.18. The first-order valence-electron chi connectivity index (χ1n) is 8.30. The predicted octanol–water partition coefficient (Wildman–Crippen LogP) is 3.87. The molecule has 3 rings (SSSR count). The Bertz CT molecular complexity index is 703. The third-order valence-corrected chi connectivity index (χ3v) is 5.08. The number of aryl methyl sites for hydroxylation is 1. The van der Waals surface area contributed by atoms with E-state index in [-0.39, 0.29) is 42.8 Å². The molecule has 144 valence electrons. The van der Waals surface area contributed by atoms with Crippen LogP contribution in [0.4, 0.5) is 0 Å². The van der Waals surface area contributed by atoms with Gasteiger partial charge in [0.2, 0.25) is 0 Å². The Balaban J connectivity index is 0.00000169. The van der Waals surface area contributed by atoms with E-state index in [1.54, 1.807) is 17.4 Å². The monoisotopic (exact) mass is 417 g/mol. The lowest BCUT2D eigenvalue weighted by Crippen LogP contribution is -2.40. The first kappa shape index (κ1) is 22.7. The number of aromatic nitrogens is 1. The molecule has 3 N–H and O–H groups in total. The van der Waals surface area contributed by atoms with Gasteiger partial charge in [0.25, 0.3) is 5.91 Å². The molecule has 1 aliphatic carbocycles. The van der Waals surface area contributed by atoms with E-state index in [2.05, 4.69) is 10.3 Å². The molecular formula is C18H25Cl2N3O2S. The van der Waals surface area contributed by atoms with Crippen LogP contribution in [-0.2, 0) is 6.61 Å². The summed E-state index contributed by atoms with van der Waals surface area (Å²) in [5, 5.41) is 6.11. The highest BCUT2D eigenvalue weighted by Crippen LogP contribution is 2.19. The first-order chi connectivity index (χ1) is 11.6. The zero-order valence-electron chi connectivity index (χ0n) is 14.6. The molecule has 1 aliphatic rings. The van der Waals surface area contributed by atoms with Gasteiger partial charge in [-0.2, -0.15) is 0 Å². The van der Waals surface area contributed by atoms with Gasteiger partial charge < -0.3 is 15.8 Å². The Hall–Kier alpha value is -1.34. The van der Waals surface area contributed by atoms with Gasteiger partial charge in [-0.1, -0.05) is 6.07 Å².